The number of esters is 1. The normalized spacial score (nSPS) is 19.3. The van der Waals surface area contributed by atoms with E-state index in [1.54, 1.807) is 11.3 Å². The third-order valence-corrected chi connectivity index (χ3v) is 6.26. The zero-order valence-electron chi connectivity index (χ0n) is 15.8. The maximum Gasteiger partial charge on any atom is 0.340 e. The van der Waals surface area contributed by atoms with Gasteiger partial charge in [0, 0.05) is 17.3 Å². The van der Waals surface area contributed by atoms with Crippen LogP contribution in [-0.4, -0.2) is 24.2 Å². The van der Waals surface area contributed by atoms with Crippen LogP contribution in [0.25, 0.3) is 0 Å². The summed E-state index contributed by atoms with van der Waals surface area (Å²) < 4.78 is 4.95. The van der Waals surface area contributed by atoms with Gasteiger partial charge in [-0.1, -0.05) is 37.3 Å². The van der Waals surface area contributed by atoms with Gasteiger partial charge in [-0.25, -0.2) is 4.79 Å². The Labute approximate surface area is 170 Å². The third-order valence-electron chi connectivity index (χ3n) is 4.99. The maximum absolute atomic E-state index is 12.2. The number of thiocarbonyl (C=S) groups is 1. The molecule has 0 unspecified atom stereocenters. The highest BCUT2D eigenvalue weighted by Crippen LogP contribution is 2.31. The van der Waals surface area contributed by atoms with Crippen molar-refractivity contribution in [3.8, 4) is 0 Å². The number of nitrogens with one attached hydrogen (secondary N) is 2. The summed E-state index contributed by atoms with van der Waals surface area (Å²) in [6.45, 7) is 2.30. The van der Waals surface area contributed by atoms with Gasteiger partial charge in [-0.05, 0) is 55.4 Å². The molecule has 2 N–H and O–H groups in total. The molecule has 0 saturated heterocycles. The van der Waals surface area contributed by atoms with Crippen molar-refractivity contribution < 1.29 is 9.53 Å². The van der Waals surface area contributed by atoms with E-state index in [0.29, 0.717) is 16.7 Å². The van der Waals surface area contributed by atoms with Crippen LogP contribution >= 0.6 is 23.6 Å². The SMILES string of the molecule is COC(=O)c1cc(Cc2ccccc2)sc1NC(=S)NC1CCC(C)CC1. The number of benzene rings is 1. The summed E-state index contributed by atoms with van der Waals surface area (Å²) >= 11 is 7.05. The van der Waals surface area contributed by atoms with Crippen LogP contribution in [0.5, 0.6) is 0 Å². The van der Waals surface area contributed by atoms with Gasteiger partial charge >= 0.3 is 5.97 Å². The summed E-state index contributed by atoms with van der Waals surface area (Å²) in [5.41, 5.74) is 1.74. The van der Waals surface area contributed by atoms with Crippen LogP contribution < -0.4 is 10.6 Å². The Morgan fingerprint density at radius 2 is 1.93 bits per heavy atom. The lowest BCUT2D eigenvalue weighted by molar-refractivity contribution is 0.0602. The highest BCUT2D eigenvalue weighted by Gasteiger charge is 2.21. The monoisotopic (exact) mass is 402 g/mol. The minimum Gasteiger partial charge on any atom is -0.465 e. The first-order valence-corrected chi connectivity index (χ1v) is 10.6. The first-order chi connectivity index (χ1) is 13.0. The van der Waals surface area contributed by atoms with Crippen molar-refractivity contribution >= 4 is 39.6 Å². The summed E-state index contributed by atoms with van der Waals surface area (Å²) in [5.74, 6) is 0.454. The van der Waals surface area contributed by atoms with Crippen LogP contribution in [0.15, 0.2) is 36.4 Å². The van der Waals surface area contributed by atoms with Crippen molar-refractivity contribution in [1.82, 2.24) is 5.32 Å². The number of anilines is 1. The molecule has 6 heteroatoms. The Balaban J connectivity index is 1.69. The summed E-state index contributed by atoms with van der Waals surface area (Å²) in [6.07, 6.45) is 5.51. The van der Waals surface area contributed by atoms with Gasteiger partial charge in [-0.3, -0.25) is 0 Å². The predicted molar refractivity (Wildman–Crippen MR) is 116 cm³/mol. The van der Waals surface area contributed by atoms with Crippen molar-refractivity contribution in [1.29, 1.82) is 0 Å². The number of ether oxygens (including phenoxy) is 1. The smallest absolute Gasteiger partial charge is 0.340 e. The molecule has 0 amide bonds. The molecule has 0 bridgehead atoms. The Morgan fingerprint density at radius 1 is 1.22 bits per heavy atom. The first kappa shape index (κ1) is 19.8. The molecule has 27 heavy (non-hydrogen) atoms. The molecule has 0 atom stereocenters. The summed E-state index contributed by atoms with van der Waals surface area (Å²) in [5, 5.41) is 7.96. The second-order valence-electron chi connectivity index (χ2n) is 7.16. The molecule has 1 fully saturated rings. The second kappa shape index (κ2) is 9.33. The Kier molecular flexibility index (Phi) is 6.85. The van der Waals surface area contributed by atoms with Crippen molar-refractivity contribution in [2.24, 2.45) is 5.92 Å². The van der Waals surface area contributed by atoms with Crippen molar-refractivity contribution in [2.45, 2.75) is 45.1 Å². The Bertz CT molecular complexity index is 781. The quantitative estimate of drug-likeness (QED) is 0.545. The lowest BCUT2D eigenvalue weighted by atomic mass is 9.87. The molecule has 0 aliphatic heterocycles. The summed E-state index contributed by atoms with van der Waals surface area (Å²) in [7, 11) is 1.40. The van der Waals surface area contributed by atoms with Gasteiger partial charge in [-0.15, -0.1) is 11.3 Å². The van der Waals surface area contributed by atoms with E-state index < -0.39 is 0 Å². The molecule has 1 aliphatic carbocycles. The molecular weight excluding hydrogens is 376 g/mol. The van der Waals surface area contributed by atoms with Gasteiger partial charge in [-0.2, -0.15) is 0 Å². The Morgan fingerprint density at radius 3 is 2.59 bits per heavy atom. The number of hydrogen-bond acceptors (Lipinski definition) is 4. The fourth-order valence-corrected chi connectivity index (χ4v) is 4.83. The van der Waals surface area contributed by atoms with Crippen LogP contribution in [0.4, 0.5) is 5.00 Å². The fraction of sp³-hybridized carbons (Fsp3) is 0.429. The number of hydrogen-bond donors (Lipinski definition) is 2. The first-order valence-electron chi connectivity index (χ1n) is 9.37. The molecule has 144 valence electrons. The van der Waals surface area contributed by atoms with Crippen molar-refractivity contribution in [3.05, 3.63) is 52.4 Å². The summed E-state index contributed by atoms with van der Waals surface area (Å²) in [6, 6.07) is 12.5. The second-order valence-corrected chi connectivity index (χ2v) is 8.71. The van der Waals surface area contributed by atoms with Crippen molar-refractivity contribution in [3.63, 3.8) is 0 Å². The zero-order valence-corrected chi connectivity index (χ0v) is 17.4. The number of methoxy groups -OCH3 is 1. The van der Waals surface area contributed by atoms with E-state index in [-0.39, 0.29) is 5.97 Å². The molecule has 4 nitrogen and oxygen atoms in total. The van der Waals surface area contributed by atoms with Gasteiger partial charge in [0.1, 0.15) is 5.00 Å². The van der Waals surface area contributed by atoms with Crippen molar-refractivity contribution in [2.75, 3.05) is 12.4 Å². The van der Waals surface area contributed by atoms with Crippen LogP contribution in [0, 0.1) is 5.92 Å². The van der Waals surface area contributed by atoms with Crippen LogP contribution in [0.2, 0.25) is 0 Å². The number of rotatable bonds is 5. The molecule has 1 aromatic carbocycles. The lowest BCUT2D eigenvalue weighted by Crippen LogP contribution is -2.39. The molecular formula is C21H26N2O2S2. The van der Waals surface area contributed by atoms with E-state index in [1.165, 1.54) is 25.5 Å². The average Bonchev–Trinajstić information content (AvgIpc) is 3.05. The van der Waals surface area contributed by atoms with Crippen LogP contribution in [0.1, 0.15) is 53.4 Å². The topological polar surface area (TPSA) is 50.4 Å². The summed E-state index contributed by atoms with van der Waals surface area (Å²) in [4.78, 5) is 13.3. The Hall–Kier alpha value is -1.92. The van der Waals surface area contributed by atoms with E-state index in [0.717, 1.165) is 35.1 Å². The standard InChI is InChI=1S/C21H26N2O2S2/c1-14-8-10-16(11-9-14)22-21(26)23-19-18(20(24)25-2)13-17(27-19)12-15-6-4-3-5-7-15/h3-7,13-14,16H,8-12H2,1-2H3,(H2,22,23,26). The maximum atomic E-state index is 12.2. The van der Waals surface area contributed by atoms with Gasteiger partial charge in [0.15, 0.2) is 5.11 Å². The van der Waals surface area contributed by atoms with Gasteiger partial charge in [0.25, 0.3) is 0 Å². The number of carbonyl (C=O) groups is 1. The molecule has 2 aromatic rings. The lowest BCUT2D eigenvalue weighted by Gasteiger charge is -2.27. The van der Waals surface area contributed by atoms with E-state index in [4.69, 9.17) is 17.0 Å². The molecule has 1 aromatic heterocycles. The average molecular weight is 403 g/mol. The number of carbonyl (C=O) groups excluding carboxylic acids is 1. The van der Waals surface area contributed by atoms with E-state index in [9.17, 15) is 4.79 Å². The van der Waals surface area contributed by atoms with E-state index in [1.807, 2.05) is 24.3 Å². The molecule has 3 rings (SSSR count). The highest BCUT2D eigenvalue weighted by molar-refractivity contribution is 7.80. The van der Waals surface area contributed by atoms with Gasteiger partial charge < -0.3 is 15.4 Å². The molecule has 0 radical (unpaired) electrons. The predicted octanol–water partition coefficient (Wildman–Crippen LogP) is 4.99. The van der Waals surface area contributed by atoms with Crippen LogP contribution in [-0.2, 0) is 11.2 Å². The molecule has 1 aliphatic rings. The van der Waals surface area contributed by atoms with E-state index >= 15 is 0 Å². The third kappa shape index (κ3) is 5.53. The van der Waals surface area contributed by atoms with Crippen LogP contribution in [0.3, 0.4) is 0 Å². The largest absolute Gasteiger partial charge is 0.465 e. The molecule has 1 saturated carbocycles. The molecule has 0 spiro atoms. The molecule has 1 heterocycles. The zero-order chi connectivity index (χ0) is 19.2. The minimum absolute atomic E-state index is 0.345. The van der Waals surface area contributed by atoms with Gasteiger partial charge in [0.05, 0.1) is 12.7 Å². The minimum atomic E-state index is -0.345. The van der Waals surface area contributed by atoms with E-state index in [2.05, 4.69) is 29.7 Å². The number of thiophene rings is 1. The highest BCUT2D eigenvalue weighted by atomic mass is 32.1. The fourth-order valence-electron chi connectivity index (χ4n) is 3.41. The van der Waals surface area contributed by atoms with Gasteiger partial charge in [0.2, 0.25) is 0 Å².